The van der Waals surface area contributed by atoms with Crippen LogP contribution in [0, 0.1) is 0 Å². The maximum Gasteiger partial charge on any atom is 0.281 e. The van der Waals surface area contributed by atoms with E-state index < -0.39 is 10.0 Å². The molecule has 0 aliphatic heterocycles. The van der Waals surface area contributed by atoms with Gasteiger partial charge >= 0.3 is 0 Å². The third-order valence-electron chi connectivity index (χ3n) is 5.30. The minimum absolute atomic E-state index is 0.0532. The molecule has 0 atom stereocenters. The van der Waals surface area contributed by atoms with E-state index in [-0.39, 0.29) is 15.9 Å². The third kappa shape index (κ3) is 4.20. The number of para-hydroxylation sites is 1. The first-order valence-corrected chi connectivity index (χ1v) is 12.6. The molecule has 0 saturated carbocycles. The second-order valence-electron chi connectivity index (χ2n) is 7.46. The Bertz CT molecular complexity index is 1600. The van der Waals surface area contributed by atoms with E-state index in [0.29, 0.717) is 23.5 Å². The van der Waals surface area contributed by atoms with E-state index in [9.17, 15) is 13.5 Å². The number of thiazole rings is 1. The predicted octanol–water partition coefficient (Wildman–Crippen LogP) is 4.97. The molecule has 0 fully saturated rings. The van der Waals surface area contributed by atoms with Gasteiger partial charge in [0.2, 0.25) is 0 Å². The molecule has 10 heteroatoms. The molecule has 2 aromatic heterocycles. The summed E-state index contributed by atoms with van der Waals surface area (Å²) in [5.74, 6) is 0.435. The minimum Gasteiger partial charge on any atom is -0.504 e. The first-order chi connectivity index (χ1) is 16.4. The standard InChI is InChI=1S/C24H20N4O4S2/c1-32-19-8-4-6-16(23(19)29)13-25-17-10-12-21(26-14-17)34(30,31)28-24-27-22-18-7-3-2-5-15(18)9-11-20(22)33-24/h2-12,14,25,29H,13H2,1H3,(H,27,28). The average Bonchev–Trinajstić information content (AvgIpc) is 3.26. The fourth-order valence-corrected chi connectivity index (χ4v) is 5.64. The number of rotatable bonds is 7. The summed E-state index contributed by atoms with van der Waals surface area (Å²) in [5.41, 5.74) is 2.00. The summed E-state index contributed by atoms with van der Waals surface area (Å²) in [6.07, 6.45) is 1.43. The SMILES string of the molecule is COc1cccc(CNc2ccc(S(=O)(=O)Nc3nc4c(ccc5ccccc54)s3)nc2)c1O. The van der Waals surface area contributed by atoms with Gasteiger partial charge < -0.3 is 15.2 Å². The molecule has 0 aliphatic carbocycles. The highest BCUT2D eigenvalue weighted by Crippen LogP contribution is 2.33. The van der Waals surface area contributed by atoms with Gasteiger partial charge in [0.1, 0.15) is 0 Å². The van der Waals surface area contributed by atoms with Gasteiger partial charge in [-0.15, -0.1) is 0 Å². The van der Waals surface area contributed by atoms with Crippen molar-refractivity contribution in [1.29, 1.82) is 0 Å². The molecule has 3 N–H and O–H groups in total. The molecule has 34 heavy (non-hydrogen) atoms. The molecule has 3 aromatic carbocycles. The summed E-state index contributed by atoms with van der Waals surface area (Å²) in [7, 11) is -2.43. The number of ether oxygens (including phenoxy) is 1. The highest BCUT2D eigenvalue weighted by Gasteiger charge is 2.19. The second-order valence-corrected chi connectivity index (χ2v) is 10.1. The molecule has 0 spiro atoms. The van der Waals surface area contributed by atoms with Crippen LogP contribution in [-0.4, -0.2) is 30.6 Å². The number of nitrogens with one attached hydrogen (secondary N) is 2. The molecule has 172 valence electrons. The Balaban J connectivity index is 1.32. The summed E-state index contributed by atoms with van der Waals surface area (Å²) < 4.78 is 34.3. The van der Waals surface area contributed by atoms with E-state index in [4.69, 9.17) is 4.74 Å². The Labute approximate surface area is 199 Å². The van der Waals surface area contributed by atoms with Crippen LogP contribution in [0.5, 0.6) is 11.5 Å². The van der Waals surface area contributed by atoms with Crippen molar-refractivity contribution in [2.24, 2.45) is 0 Å². The summed E-state index contributed by atoms with van der Waals surface area (Å²) in [4.78, 5) is 8.60. The summed E-state index contributed by atoms with van der Waals surface area (Å²) >= 11 is 1.27. The van der Waals surface area contributed by atoms with Crippen molar-refractivity contribution in [1.82, 2.24) is 9.97 Å². The van der Waals surface area contributed by atoms with Gasteiger partial charge in [-0.25, -0.2) is 9.97 Å². The van der Waals surface area contributed by atoms with Crippen molar-refractivity contribution in [2.45, 2.75) is 11.6 Å². The number of pyridine rings is 1. The van der Waals surface area contributed by atoms with Crippen LogP contribution in [-0.2, 0) is 16.6 Å². The zero-order valence-corrected chi connectivity index (χ0v) is 19.7. The van der Waals surface area contributed by atoms with E-state index in [0.717, 1.165) is 21.0 Å². The lowest BCUT2D eigenvalue weighted by Gasteiger charge is -2.11. The van der Waals surface area contributed by atoms with Gasteiger partial charge in [0.25, 0.3) is 10.0 Å². The van der Waals surface area contributed by atoms with Crippen molar-refractivity contribution in [3.63, 3.8) is 0 Å². The number of hydrogen-bond donors (Lipinski definition) is 3. The predicted molar refractivity (Wildman–Crippen MR) is 134 cm³/mol. The number of hydrogen-bond acceptors (Lipinski definition) is 8. The Morgan fingerprint density at radius 1 is 1.03 bits per heavy atom. The average molecular weight is 493 g/mol. The van der Waals surface area contributed by atoms with Crippen molar-refractivity contribution in [2.75, 3.05) is 17.1 Å². The minimum atomic E-state index is -3.91. The number of nitrogens with zero attached hydrogens (tertiary/aromatic N) is 2. The quantitative estimate of drug-likeness (QED) is 0.294. The van der Waals surface area contributed by atoms with Crippen LogP contribution in [0.1, 0.15) is 5.56 Å². The highest BCUT2D eigenvalue weighted by molar-refractivity contribution is 7.92. The maximum absolute atomic E-state index is 12.9. The summed E-state index contributed by atoms with van der Waals surface area (Å²) in [6, 6.07) is 20.0. The van der Waals surface area contributed by atoms with Gasteiger partial charge in [0.05, 0.1) is 29.2 Å². The number of sulfonamides is 1. The number of phenols is 1. The van der Waals surface area contributed by atoms with Crippen LogP contribution in [0.4, 0.5) is 10.8 Å². The molecule has 0 radical (unpaired) electrons. The Morgan fingerprint density at radius 3 is 2.68 bits per heavy atom. The molecule has 0 amide bonds. The number of aromatic nitrogens is 2. The van der Waals surface area contributed by atoms with E-state index in [1.807, 2.05) is 36.4 Å². The van der Waals surface area contributed by atoms with E-state index in [1.165, 1.54) is 30.7 Å². The third-order valence-corrected chi connectivity index (χ3v) is 7.62. The molecular weight excluding hydrogens is 472 g/mol. The number of benzene rings is 3. The van der Waals surface area contributed by atoms with Gasteiger partial charge in [-0.05, 0) is 29.7 Å². The van der Waals surface area contributed by atoms with Crippen molar-refractivity contribution in [3.8, 4) is 11.5 Å². The number of methoxy groups -OCH3 is 1. The molecular formula is C24H20N4O4S2. The zero-order valence-electron chi connectivity index (χ0n) is 18.0. The topological polar surface area (TPSA) is 113 Å². The van der Waals surface area contributed by atoms with Gasteiger partial charge in [-0.3, -0.25) is 4.72 Å². The largest absolute Gasteiger partial charge is 0.504 e. The lowest BCUT2D eigenvalue weighted by Crippen LogP contribution is -2.14. The fourth-order valence-electron chi connectivity index (χ4n) is 3.59. The van der Waals surface area contributed by atoms with E-state index in [2.05, 4.69) is 20.0 Å². The molecule has 2 heterocycles. The van der Waals surface area contributed by atoms with Crippen LogP contribution in [0.3, 0.4) is 0 Å². The number of fused-ring (bicyclic) bond motifs is 3. The lowest BCUT2D eigenvalue weighted by molar-refractivity contribution is 0.371. The normalized spacial score (nSPS) is 11.6. The van der Waals surface area contributed by atoms with Gasteiger partial charge in [0, 0.05) is 17.5 Å². The first kappa shape index (κ1) is 21.9. The number of anilines is 2. The monoisotopic (exact) mass is 492 g/mol. The maximum atomic E-state index is 12.9. The van der Waals surface area contributed by atoms with Crippen LogP contribution >= 0.6 is 11.3 Å². The van der Waals surface area contributed by atoms with Crippen LogP contribution in [0.2, 0.25) is 0 Å². The lowest BCUT2D eigenvalue weighted by atomic mass is 10.1. The molecule has 0 bridgehead atoms. The molecule has 0 aliphatic rings. The first-order valence-electron chi connectivity index (χ1n) is 10.3. The smallest absolute Gasteiger partial charge is 0.281 e. The Hall–Kier alpha value is -3.89. The fraction of sp³-hybridized carbons (Fsp3) is 0.0833. The van der Waals surface area contributed by atoms with Crippen LogP contribution < -0.4 is 14.8 Å². The Morgan fingerprint density at radius 2 is 1.88 bits per heavy atom. The molecule has 0 unspecified atom stereocenters. The second kappa shape index (κ2) is 8.81. The summed E-state index contributed by atoms with van der Waals surface area (Å²) in [6.45, 7) is 0.314. The van der Waals surface area contributed by atoms with Gasteiger partial charge in [0.15, 0.2) is 21.7 Å². The van der Waals surface area contributed by atoms with Gasteiger partial charge in [-0.2, -0.15) is 8.42 Å². The van der Waals surface area contributed by atoms with Crippen LogP contribution in [0.15, 0.2) is 78.0 Å². The van der Waals surface area contributed by atoms with E-state index >= 15 is 0 Å². The number of phenolic OH excluding ortho intramolecular Hbond substituents is 1. The van der Waals surface area contributed by atoms with Crippen molar-refractivity contribution >= 4 is 53.2 Å². The van der Waals surface area contributed by atoms with Crippen molar-refractivity contribution < 1.29 is 18.3 Å². The molecule has 8 nitrogen and oxygen atoms in total. The molecule has 5 rings (SSSR count). The molecule has 5 aromatic rings. The molecule has 0 saturated heterocycles. The summed E-state index contributed by atoms with van der Waals surface area (Å²) in [5, 5.41) is 15.5. The van der Waals surface area contributed by atoms with E-state index in [1.54, 1.807) is 24.3 Å². The van der Waals surface area contributed by atoms with Gasteiger partial charge in [-0.1, -0.05) is 53.8 Å². The number of aromatic hydroxyl groups is 1. The Kier molecular flexibility index (Phi) is 5.68. The zero-order chi connectivity index (χ0) is 23.7. The van der Waals surface area contributed by atoms with Crippen LogP contribution in [0.25, 0.3) is 21.0 Å². The van der Waals surface area contributed by atoms with Crippen molar-refractivity contribution in [3.05, 3.63) is 78.5 Å². The highest BCUT2D eigenvalue weighted by atomic mass is 32.2.